The zero-order valence-corrected chi connectivity index (χ0v) is 19.5. The van der Waals surface area contributed by atoms with E-state index in [9.17, 15) is 22.4 Å². The first-order chi connectivity index (χ1) is 17.8. The van der Waals surface area contributed by atoms with Crippen molar-refractivity contribution >= 4 is 18.3 Å². The number of halogens is 4. The molecule has 0 saturated carbocycles. The van der Waals surface area contributed by atoms with Crippen molar-refractivity contribution in [2.75, 3.05) is 11.9 Å². The van der Waals surface area contributed by atoms with Crippen molar-refractivity contribution in [1.82, 2.24) is 9.97 Å². The molecular weight excluding hydrogens is 488 g/mol. The van der Waals surface area contributed by atoms with Crippen LogP contribution in [0.4, 0.5) is 23.2 Å². The van der Waals surface area contributed by atoms with Gasteiger partial charge in [0.2, 0.25) is 5.88 Å². The van der Waals surface area contributed by atoms with E-state index in [1.807, 2.05) is 0 Å². The van der Waals surface area contributed by atoms with Gasteiger partial charge in [-0.15, -0.1) is 0 Å². The molecule has 2 heterocycles. The third-order valence-electron chi connectivity index (χ3n) is 5.37. The number of aliphatic imine (C=N–C) groups is 1. The number of anilines is 1. The lowest BCUT2D eigenvalue weighted by molar-refractivity contribution is -0.138. The van der Waals surface area contributed by atoms with Crippen molar-refractivity contribution in [1.29, 1.82) is 0 Å². The molecular formula is C27H20F4N4O2. The van der Waals surface area contributed by atoms with Gasteiger partial charge in [-0.3, -0.25) is 14.8 Å². The Hall–Kier alpha value is -4.60. The molecule has 0 spiro atoms. The van der Waals surface area contributed by atoms with E-state index in [-0.39, 0.29) is 17.9 Å². The van der Waals surface area contributed by atoms with Gasteiger partial charge in [-0.25, -0.2) is 9.37 Å². The maximum absolute atomic E-state index is 14.1. The highest BCUT2D eigenvalue weighted by molar-refractivity contribution is 5.92. The summed E-state index contributed by atoms with van der Waals surface area (Å²) < 4.78 is 59.4. The zero-order chi connectivity index (χ0) is 26.4. The third-order valence-corrected chi connectivity index (χ3v) is 5.37. The second-order valence-electron chi connectivity index (χ2n) is 7.84. The molecule has 0 radical (unpaired) electrons. The van der Waals surface area contributed by atoms with Gasteiger partial charge in [0.15, 0.2) is 6.29 Å². The molecule has 0 N–H and O–H groups in total. The molecule has 0 saturated heterocycles. The Morgan fingerprint density at radius 3 is 2.57 bits per heavy atom. The Bertz CT molecular complexity index is 1430. The number of carbonyl (C=O) groups excluding carboxylic acids is 1. The van der Waals surface area contributed by atoms with Crippen molar-refractivity contribution in [2.24, 2.45) is 4.99 Å². The van der Waals surface area contributed by atoms with E-state index in [0.717, 1.165) is 17.7 Å². The van der Waals surface area contributed by atoms with E-state index in [4.69, 9.17) is 4.74 Å². The van der Waals surface area contributed by atoms with Crippen LogP contribution in [0, 0.1) is 5.82 Å². The quantitative estimate of drug-likeness (QED) is 0.117. The van der Waals surface area contributed by atoms with Crippen molar-refractivity contribution in [2.45, 2.75) is 12.7 Å². The standard InChI is InChI=1S/C27H20F4N4O2/c1-32-17-35(15-19-6-7-21(28)13-23(19)18-4-2-10-33-14-18)25-9-8-22(12-20(25)16-36)37-26-24(27(29,30)31)5-3-11-34-26/h2-14,16-17H,15H2,1H3. The van der Waals surface area contributed by atoms with E-state index >= 15 is 0 Å². The van der Waals surface area contributed by atoms with Crippen LogP contribution in [0.15, 0.2) is 84.2 Å². The van der Waals surface area contributed by atoms with Gasteiger partial charge >= 0.3 is 6.18 Å². The van der Waals surface area contributed by atoms with Crippen LogP contribution in [0.1, 0.15) is 21.5 Å². The first-order valence-corrected chi connectivity index (χ1v) is 11.0. The highest BCUT2D eigenvalue weighted by Crippen LogP contribution is 2.37. The molecule has 2 aromatic carbocycles. The Balaban J connectivity index is 1.69. The van der Waals surface area contributed by atoms with Crippen LogP contribution < -0.4 is 9.64 Å². The van der Waals surface area contributed by atoms with Crippen molar-refractivity contribution in [3.63, 3.8) is 0 Å². The smallest absolute Gasteiger partial charge is 0.421 e. The fourth-order valence-corrected chi connectivity index (χ4v) is 3.74. The highest BCUT2D eigenvalue weighted by atomic mass is 19.4. The molecule has 188 valence electrons. The number of hydrogen-bond acceptors (Lipinski definition) is 5. The second kappa shape index (κ2) is 11.0. The van der Waals surface area contributed by atoms with Crippen LogP contribution in [-0.2, 0) is 12.7 Å². The number of alkyl halides is 3. The molecule has 4 rings (SSSR count). The molecule has 6 nitrogen and oxygen atoms in total. The normalized spacial score (nSPS) is 11.5. The number of ether oxygens (including phenoxy) is 1. The number of hydrogen-bond donors (Lipinski definition) is 0. The fraction of sp³-hybridized carbons (Fsp3) is 0.111. The topological polar surface area (TPSA) is 67.7 Å². The Morgan fingerprint density at radius 1 is 1.05 bits per heavy atom. The molecule has 0 unspecified atom stereocenters. The average molecular weight is 508 g/mol. The van der Waals surface area contributed by atoms with E-state index in [2.05, 4.69) is 15.0 Å². The third kappa shape index (κ3) is 5.97. The van der Waals surface area contributed by atoms with Crippen LogP contribution in [0.5, 0.6) is 11.6 Å². The minimum absolute atomic E-state index is 0.00117. The highest BCUT2D eigenvalue weighted by Gasteiger charge is 2.35. The number of pyridine rings is 2. The van der Waals surface area contributed by atoms with Gasteiger partial charge in [0.1, 0.15) is 17.1 Å². The monoisotopic (exact) mass is 508 g/mol. The van der Waals surface area contributed by atoms with Crippen LogP contribution in [0.3, 0.4) is 0 Å². The van der Waals surface area contributed by atoms with Crippen LogP contribution in [0.25, 0.3) is 11.1 Å². The SMILES string of the molecule is CN=CN(Cc1ccc(F)cc1-c1cccnc1)c1ccc(Oc2ncccc2C(F)(F)F)cc1C=O. The summed E-state index contributed by atoms with van der Waals surface area (Å²) in [5.41, 5.74) is 1.59. The number of benzene rings is 2. The molecule has 4 aromatic rings. The largest absolute Gasteiger partial charge is 0.438 e. The number of rotatable bonds is 8. The van der Waals surface area contributed by atoms with Crippen LogP contribution in [-0.4, -0.2) is 29.6 Å². The van der Waals surface area contributed by atoms with Gasteiger partial charge in [0, 0.05) is 43.3 Å². The van der Waals surface area contributed by atoms with E-state index in [1.54, 1.807) is 42.5 Å². The van der Waals surface area contributed by atoms with E-state index in [0.29, 0.717) is 23.1 Å². The molecule has 0 bridgehead atoms. The maximum Gasteiger partial charge on any atom is 0.421 e. The van der Waals surface area contributed by atoms with Crippen LogP contribution >= 0.6 is 0 Å². The molecule has 2 aromatic heterocycles. The van der Waals surface area contributed by atoms with Crippen molar-refractivity contribution in [3.8, 4) is 22.8 Å². The summed E-state index contributed by atoms with van der Waals surface area (Å²) in [4.78, 5) is 25.5. The lowest BCUT2D eigenvalue weighted by atomic mass is 10.00. The summed E-state index contributed by atoms with van der Waals surface area (Å²) in [6, 6.07) is 14.2. The maximum atomic E-state index is 14.1. The lowest BCUT2D eigenvalue weighted by Crippen LogP contribution is -2.22. The predicted octanol–water partition coefficient (Wildman–Crippen LogP) is 6.57. The Kier molecular flexibility index (Phi) is 7.57. The summed E-state index contributed by atoms with van der Waals surface area (Å²) in [5, 5.41) is 0. The molecule has 0 aliphatic carbocycles. The van der Waals surface area contributed by atoms with Gasteiger partial charge in [-0.2, -0.15) is 13.2 Å². The molecule has 0 amide bonds. The molecule has 0 aliphatic heterocycles. The molecule has 10 heteroatoms. The number of carbonyl (C=O) groups is 1. The minimum atomic E-state index is -4.66. The predicted molar refractivity (Wildman–Crippen MR) is 131 cm³/mol. The molecule has 0 atom stereocenters. The average Bonchev–Trinajstić information content (AvgIpc) is 2.89. The number of aromatic nitrogens is 2. The van der Waals surface area contributed by atoms with Crippen LogP contribution in [0.2, 0.25) is 0 Å². The number of aldehydes is 1. The lowest BCUT2D eigenvalue weighted by Gasteiger charge is -2.23. The molecule has 37 heavy (non-hydrogen) atoms. The summed E-state index contributed by atoms with van der Waals surface area (Å²) >= 11 is 0. The van der Waals surface area contributed by atoms with E-state index in [1.165, 1.54) is 42.9 Å². The first kappa shape index (κ1) is 25.5. The minimum Gasteiger partial charge on any atom is -0.438 e. The number of nitrogens with zero attached hydrogens (tertiary/aromatic N) is 4. The van der Waals surface area contributed by atoms with Gasteiger partial charge in [0.25, 0.3) is 0 Å². The molecule has 0 fully saturated rings. The first-order valence-electron chi connectivity index (χ1n) is 11.0. The molecule has 0 aliphatic rings. The zero-order valence-electron chi connectivity index (χ0n) is 19.5. The van der Waals surface area contributed by atoms with Gasteiger partial charge in [0.05, 0.1) is 12.0 Å². The van der Waals surface area contributed by atoms with Crippen molar-refractivity contribution in [3.05, 3.63) is 102 Å². The van der Waals surface area contributed by atoms with Gasteiger partial charge in [-0.1, -0.05) is 12.1 Å². The summed E-state index contributed by atoms with van der Waals surface area (Å²) in [5.74, 6) is -1.04. The van der Waals surface area contributed by atoms with E-state index < -0.39 is 23.4 Å². The summed E-state index contributed by atoms with van der Waals surface area (Å²) in [6.07, 6.45) is 1.82. The second-order valence-corrected chi connectivity index (χ2v) is 7.84. The Labute approximate surface area is 209 Å². The Morgan fingerprint density at radius 2 is 1.86 bits per heavy atom. The van der Waals surface area contributed by atoms with Gasteiger partial charge < -0.3 is 9.64 Å². The van der Waals surface area contributed by atoms with Gasteiger partial charge in [-0.05, 0) is 59.7 Å². The van der Waals surface area contributed by atoms with Crippen molar-refractivity contribution < 1.29 is 27.1 Å². The summed E-state index contributed by atoms with van der Waals surface area (Å²) in [7, 11) is 1.55. The summed E-state index contributed by atoms with van der Waals surface area (Å²) in [6.45, 7) is 0.210. The fourth-order valence-electron chi connectivity index (χ4n) is 3.74.